The molecule has 1 N–H and O–H groups in total. The van der Waals surface area contributed by atoms with Crippen molar-refractivity contribution in [3.8, 4) is 0 Å². The average molecular weight is 371 g/mol. The maximum absolute atomic E-state index is 13.4. The number of carbonyl (C=O) groups is 2. The molecule has 2 amide bonds. The Labute approximate surface area is 154 Å². The van der Waals surface area contributed by atoms with Crippen molar-refractivity contribution < 1.29 is 18.9 Å². The first-order valence-electron chi connectivity index (χ1n) is 8.53. The Morgan fingerprint density at radius 1 is 1.33 bits per heavy atom. The summed E-state index contributed by atoms with van der Waals surface area (Å²) in [6.07, 6.45) is 0.809. The highest BCUT2D eigenvalue weighted by Gasteiger charge is 2.36. The highest BCUT2D eigenvalue weighted by molar-refractivity contribution is 6.03. The summed E-state index contributed by atoms with van der Waals surface area (Å²) in [6.45, 7) is 2.22. The molecule has 2 aromatic carbocycles. The number of hydrogen-bond acceptors (Lipinski definition) is 4. The van der Waals surface area contributed by atoms with E-state index in [-0.39, 0.29) is 24.6 Å². The second-order valence-corrected chi connectivity index (χ2v) is 6.30. The van der Waals surface area contributed by atoms with Crippen LogP contribution in [0.25, 0.3) is 0 Å². The van der Waals surface area contributed by atoms with Crippen molar-refractivity contribution in [3.05, 3.63) is 64.0 Å². The fraction of sp³-hybridized carbons (Fsp3) is 0.263. The van der Waals surface area contributed by atoms with E-state index in [0.717, 1.165) is 29.8 Å². The van der Waals surface area contributed by atoms with Crippen LogP contribution in [-0.4, -0.2) is 23.3 Å². The third-order valence-electron chi connectivity index (χ3n) is 4.57. The summed E-state index contributed by atoms with van der Waals surface area (Å²) in [5, 5.41) is 13.4. The Balaban J connectivity index is 1.75. The molecular weight excluding hydrogens is 353 g/mol. The molecule has 0 aliphatic carbocycles. The molecule has 2 aromatic rings. The van der Waals surface area contributed by atoms with Gasteiger partial charge in [0.15, 0.2) is 0 Å². The lowest BCUT2D eigenvalue weighted by atomic mass is 10.1. The summed E-state index contributed by atoms with van der Waals surface area (Å²) in [4.78, 5) is 36.5. The van der Waals surface area contributed by atoms with Crippen LogP contribution in [-0.2, 0) is 16.0 Å². The summed E-state index contributed by atoms with van der Waals surface area (Å²) >= 11 is 0. The highest BCUT2D eigenvalue weighted by atomic mass is 19.1. The number of nitrogens with zero attached hydrogens (tertiary/aromatic N) is 2. The molecule has 1 heterocycles. The molecule has 0 spiro atoms. The van der Waals surface area contributed by atoms with Gasteiger partial charge in [0.1, 0.15) is 0 Å². The lowest BCUT2D eigenvalue weighted by Crippen LogP contribution is -2.28. The van der Waals surface area contributed by atoms with Gasteiger partial charge < -0.3 is 10.2 Å². The summed E-state index contributed by atoms with van der Waals surface area (Å²) in [5.41, 5.74) is 1.21. The minimum absolute atomic E-state index is 0.0488. The van der Waals surface area contributed by atoms with Gasteiger partial charge in [-0.05, 0) is 30.2 Å². The zero-order valence-electron chi connectivity index (χ0n) is 14.6. The van der Waals surface area contributed by atoms with Gasteiger partial charge in [0.25, 0.3) is 0 Å². The fourth-order valence-electron chi connectivity index (χ4n) is 3.16. The number of hydrogen-bond donors (Lipinski definition) is 1. The van der Waals surface area contributed by atoms with E-state index in [1.807, 2.05) is 31.2 Å². The second kappa shape index (κ2) is 7.53. The van der Waals surface area contributed by atoms with E-state index >= 15 is 0 Å². The Morgan fingerprint density at radius 3 is 2.78 bits per heavy atom. The largest absolute Gasteiger partial charge is 0.326 e. The number of anilines is 2. The minimum atomic E-state index is -0.976. The lowest BCUT2D eigenvalue weighted by molar-refractivity contribution is -0.387. The van der Waals surface area contributed by atoms with Crippen LogP contribution < -0.4 is 10.2 Å². The quantitative estimate of drug-likeness (QED) is 0.645. The number of carbonyl (C=O) groups excluding carboxylic acids is 2. The highest BCUT2D eigenvalue weighted by Crippen LogP contribution is 2.29. The molecule has 140 valence electrons. The van der Waals surface area contributed by atoms with Crippen LogP contribution in [0.3, 0.4) is 0 Å². The molecule has 7 nitrogen and oxygen atoms in total. The van der Waals surface area contributed by atoms with Gasteiger partial charge >= 0.3 is 5.69 Å². The molecule has 1 fully saturated rings. The zero-order valence-corrected chi connectivity index (χ0v) is 14.6. The molecule has 1 unspecified atom stereocenters. The van der Waals surface area contributed by atoms with Gasteiger partial charge in [-0.2, -0.15) is 4.39 Å². The first-order chi connectivity index (χ1) is 12.9. The monoisotopic (exact) mass is 371 g/mol. The van der Waals surface area contributed by atoms with Crippen LogP contribution >= 0.6 is 0 Å². The molecule has 1 saturated heterocycles. The van der Waals surface area contributed by atoms with Crippen LogP contribution in [0.4, 0.5) is 21.5 Å². The SMILES string of the molecule is CCc1ccccc1N1CC(C(=O)Nc2ccc(F)c([N+](=O)[O-])c2)CC1=O. The molecule has 0 radical (unpaired) electrons. The molecule has 8 heteroatoms. The molecule has 0 bridgehead atoms. The number of nitro benzene ring substituents is 1. The van der Waals surface area contributed by atoms with Gasteiger partial charge in [0.2, 0.25) is 17.6 Å². The minimum Gasteiger partial charge on any atom is -0.326 e. The van der Waals surface area contributed by atoms with Gasteiger partial charge in [-0.1, -0.05) is 25.1 Å². The first kappa shape index (κ1) is 18.5. The normalized spacial score (nSPS) is 16.4. The number of nitrogens with one attached hydrogen (secondary N) is 1. The molecule has 1 atom stereocenters. The van der Waals surface area contributed by atoms with Gasteiger partial charge in [0.05, 0.1) is 10.8 Å². The van der Waals surface area contributed by atoms with Gasteiger partial charge in [0, 0.05) is 30.4 Å². The molecule has 3 rings (SSSR count). The number of benzene rings is 2. The van der Waals surface area contributed by atoms with Crippen molar-refractivity contribution in [1.82, 2.24) is 0 Å². The van der Waals surface area contributed by atoms with E-state index in [0.29, 0.717) is 0 Å². The average Bonchev–Trinajstić information content (AvgIpc) is 3.04. The summed E-state index contributed by atoms with van der Waals surface area (Å²) in [7, 11) is 0. The van der Waals surface area contributed by atoms with Crippen molar-refractivity contribution in [2.24, 2.45) is 5.92 Å². The van der Waals surface area contributed by atoms with Crippen LogP contribution in [0.5, 0.6) is 0 Å². The summed E-state index contributed by atoms with van der Waals surface area (Å²) in [6, 6.07) is 10.7. The van der Waals surface area contributed by atoms with Crippen LogP contribution in [0.1, 0.15) is 18.9 Å². The van der Waals surface area contributed by atoms with E-state index in [1.54, 1.807) is 4.90 Å². The number of para-hydroxylation sites is 1. The van der Waals surface area contributed by atoms with E-state index < -0.39 is 28.3 Å². The first-order valence-corrected chi connectivity index (χ1v) is 8.53. The predicted octanol–water partition coefficient (Wildman–Crippen LogP) is 3.29. The Morgan fingerprint density at radius 2 is 2.07 bits per heavy atom. The van der Waals surface area contributed by atoms with Gasteiger partial charge in [-0.15, -0.1) is 0 Å². The predicted molar refractivity (Wildman–Crippen MR) is 98.0 cm³/mol. The number of nitro groups is 1. The third kappa shape index (κ3) is 3.79. The van der Waals surface area contributed by atoms with Crippen molar-refractivity contribution in [1.29, 1.82) is 0 Å². The number of amides is 2. The molecule has 1 aliphatic heterocycles. The third-order valence-corrected chi connectivity index (χ3v) is 4.57. The fourth-order valence-corrected chi connectivity index (χ4v) is 3.16. The Bertz CT molecular complexity index is 916. The van der Waals surface area contributed by atoms with E-state index in [1.165, 1.54) is 6.07 Å². The van der Waals surface area contributed by atoms with Crippen LogP contribution in [0.2, 0.25) is 0 Å². The second-order valence-electron chi connectivity index (χ2n) is 6.30. The Hall–Kier alpha value is -3.29. The smallest absolute Gasteiger partial charge is 0.306 e. The van der Waals surface area contributed by atoms with E-state index in [4.69, 9.17) is 0 Å². The Kier molecular flexibility index (Phi) is 5.16. The zero-order chi connectivity index (χ0) is 19.6. The van der Waals surface area contributed by atoms with Gasteiger partial charge in [-0.3, -0.25) is 19.7 Å². The van der Waals surface area contributed by atoms with Crippen molar-refractivity contribution in [2.75, 3.05) is 16.8 Å². The van der Waals surface area contributed by atoms with Gasteiger partial charge in [-0.25, -0.2) is 0 Å². The van der Waals surface area contributed by atoms with Crippen LogP contribution in [0, 0.1) is 21.8 Å². The maximum Gasteiger partial charge on any atom is 0.306 e. The summed E-state index contributed by atoms with van der Waals surface area (Å²) in [5.74, 6) is -2.15. The van der Waals surface area contributed by atoms with E-state index in [9.17, 15) is 24.1 Å². The van der Waals surface area contributed by atoms with Crippen molar-refractivity contribution in [2.45, 2.75) is 19.8 Å². The van der Waals surface area contributed by atoms with Crippen molar-refractivity contribution >= 4 is 28.9 Å². The molecule has 0 aromatic heterocycles. The van der Waals surface area contributed by atoms with Crippen LogP contribution in [0.15, 0.2) is 42.5 Å². The topological polar surface area (TPSA) is 92.6 Å². The van der Waals surface area contributed by atoms with Crippen molar-refractivity contribution in [3.63, 3.8) is 0 Å². The molecule has 1 aliphatic rings. The standard InChI is InChI=1S/C19H18FN3O4/c1-2-12-5-3-4-6-16(12)22-11-13(9-18(22)24)19(25)21-14-7-8-15(20)17(10-14)23(26)27/h3-8,10,13H,2,9,11H2,1H3,(H,21,25). The number of rotatable bonds is 5. The summed E-state index contributed by atoms with van der Waals surface area (Å²) < 4.78 is 13.4. The number of aryl methyl sites for hydroxylation is 1. The lowest BCUT2D eigenvalue weighted by Gasteiger charge is -2.20. The molecular formula is C19H18FN3O4. The molecule has 0 saturated carbocycles. The van der Waals surface area contributed by atoms with E-state index in [2.05, 4.69) is 5.32 Å². The maximum atomic E-state index is 13.4. The molecule has 27 heavy (non-hydrogen) atoms. The number of halogens is 1.